The van der Waals surface area contributed by atoms with Gasteiger partial charge in [-0.05, 0) is 48.6 Å². The largest absolute Gasteiger partial charge is 0.506 e. The first-order valence-electron chi connectivity index (χ1n) is 10.1. The lowest BCUT2D eigenvalue weighted by Gasteiger charge is -2.16. The molecule has 0 aromatic heterocycles. The molecule has 4 rings (SSSR count). The van der Waals surface area contributed by atoms with E-state index in [4.69, 9.17) is 32.6 Å². The third-order valence-electron chi connectivity index (χ3n) is 5.12. The van der Waals surface area contributed by atoms with Gasteiger partial charge in [0.05, 0.1) is 5.02 Å². The maximum Gasteiger partial charge on any atom is 0.260 e. The van der Waals surface area contributed by atoms with E-state index in [9.17, 15) is 9.59 Å². The molecule has 1 aliphatic rings. The number of hydrogen-bond donors (Lipinski definition) is 3. The monoisotopic (exact) mass is 453 g/mol. The third-order valence-corrected chi connectivity index (χ3v) is 5.42. The number of benzene rings is 3. The smallest absolute Gasteiger partial charge is 0.260 e. The van der Waals surface area contributed by atoms with Crippen LogP contribution in [0.15, 0.2) is 54.6 Å². The number of primary amides is 1. The summed E-state index contributed by atoms with van der Waals surface area (Å²) in [6.07, 6.45) is 3.51. The zero-order valence-corrected chi connectivity index (χ0v) is 18.1. The van der Waals surface area contributed by atoms with Gasteiger partial charge in [0.15, 0.2) is 6.61 Å². The van der Waals surface area contributed by atoms with Crippen LogP contribution in [0.4, 0.5) is 0 Å². The molecule has 0 radical (unpaired) electrons. The predicted molar refractivity (Wildman–Crippen MR) is 125 cm³/mol. The minimum atomic E-state index is -0.563. The molecule has 0 spiro atoms. The second-order valence-electron chi connectivity index (χ2n) is 7.25. The van der Waals surface area contributed by atoms with Crippen LogP contribution in [0.2, 0.25) is 5.02 Å². The molecule has 0 saturated carbocycles. The van der Waals surface area contributed by atoms with Crippen LogP contribution in [0, 0.1) is 5.41 Å². The number of halogens is 1. The minimum Gasteiger partial charge on any atom is -0.506 e. The standard InChI is InChI=1S/C17H18N2O2.C7H6ClNO2/c18-11-13-7-8-16(15-6-2-1-5-14(13)15)21-12-17(20)19-9-3-4-10-19;8-5-3-4(7(9)11)1-2-6(5)10/h1-2,5-8,11,18H,3-4,9-10,12H2;1-3,10H,(H2,9,11). The van der Waals surface area contributed by atoms with Crippen LogP contribution in [0.5, 0.6) is 11.5 Å². The Kier molecular flexibility index (Phi) is 7.68. The van der Waals surface area contributed by atoms with Crippen molar-refractivity contribution in [3.8, 4) is 11.5 Å². The molecule has 32 heavy (non-hydrogen) atoms. The van der Waals surface area contributed by atoms with Gasteiger partial charge in [-0.3, -0.25) is 9.59 Å². The minimum absolute atomic E-state index is 0.0488. The molecule has 1 fully saturated rings. The van der Waals surface area contributed by atoms with Gasteiger partial charge < -0.3 is 25.9 Å². The Morgan fingerprint density at radius 1 is 1.09 bits per heavy atom. The average Bonchev–Trinajstić information content (AvgIpc) is 3.34. The number of phenolic OH excluding ortho intramolecular Hbond substituents is 1. The van der Waals surface area contributed by atoms with Crippen molar-refractivity contribution in [1.82, 2.24) is 4.90 Å². The van der Waals surface area contributed by atoms with Gasteiger partial charge in [-0.1, -0.05) is 35.9 Å². The van der Waals surface area contributed by atoms with E-state index in [0.29, 0.717) is 5.75 Å². The second kappa shape index (κ2) is 10.6. The van der Waals surface area contributed by atoms with Gasteiger partial charge in [0.1, 0.15) is 11.5 Å². The molecular formula is C24H24ClN3O4. The number of likely N-dealkylation sites (tertiary alicyclic amines) is 1. The van der Waals surface area contributed by atoms with E-state index in [0.717, 1.165) is 42.3 Å². The van der Waals surface area contributed by atoms with Gasteiger partial charge in [0.25, 0.3) is 5.91 Å². The SMILES string of the molecule is N=Cc1ccc(OCC(=O)N2CCCC2)c2ccccc12.NC(=O)c1ccc(O)c(Cl)c1. The Labute approximate surface area is 190 Å². The summed E-state index contributed by atoms with van der Waals surface area (Å²) < 4.78 is 5.73. The Bertz CT molecular complexity index is 1140. The third kappa shape index (κ3) is 5.56. The number of nitrogens with two attached hydrogens (primary N) is 1. The number of aromatic hydroxyl groups is 1. The fourth-order valence-electron chi connectivity index (χ4n) is 3.40. The molecular weight excluding hydrogens is 430 g/mol. The molecule has 7 nitrogen and oxygen atoms in total. The molecule has 2 amide bonds. The molecule has 166 valence electrons. The fourth-order valence-corrected chi connectivity index (χ4v) is 3.58. The van der Waals surface area contributed by atoms with E-state index < -0.39 is 5.91 Å². The Morgan fingerprint density at radius 2 is 1.78 bits per heavy atom. The van der Waals surface area contributed by atoms with Crippen molar-refractivity contribution < 1.29 is 19.4 Å². The summed E-state index contributed by atoms with van der Waals surface area (Å²) in [6.45, 7) is 1.76. The molecule has 1 aliphatic heterocycles. The first-order valence-corrected chi connectivity index (χ1v) is 10.5. The number of nitrogens with zero attached hydrogens (tertiary/aromatic N) is 1. The predicted octanol–water partition coefficient (Wildman–Crippen LogP) is 3.98. The van der Waals surface area contributed by atoms with E-state index in [2.05, 4.69) is 0 Å². The highest BCUT2D eigenvalue weighted by atomic mass is 35.5. The summed E-state index contributed by atoms with van der Waals surface area (Å²) in [5.41, 5.74) is 6.09. The zero-order valence-electron chi connectivity index (χ0n) is 17.4. The number of ether oxygens (including phenoxy) is 1. The Balaban J connectivity index is 0.000000222. The van der Waals surface area contributed by atoms with Gasteiger partial charge in [-0.2, -0.15) is 0 Å². The molecule has 0 aliphatic carbocycles. The molecule has 1 saturated heterocycles. The van der Waals surface area contributed by atoms with Crippen molar-refractivity contribution in [3.63, 3.8) is 0 Å². The van der Waals surface area contributed by atoms with E-state index in [-0.39, 0.29) is 28.8 Å². The molecule has 1 heterocycles. The maximum absolute atomic E-state index is 12.0. The quantitative estimate of drug-likeness (QED) is 0.506. The molecule has 0 bridgehead atoms. The van der Waals surface area contributed by atoms with Crippen LogP contribution < -0.4 is 10.5 Å². The van der Waals surface area contributed by atoms with E-state index >= 15 is 0 Å². The number of hydrogen-bond acceptors (Lipinski definition) is 5. The van der Waals surface area contributed by atoms with Crippen molar-refractivity contribution in [2.75, 3.05) is 19.7 Å². The van der Waals surface area contributed by atoms with Gasteiger partial charge in [0, 0.05) is 35.8 Å². The highest BCUT2D eigenvalue weighted by molar-refractivity contribution is 6.32. The highest BCUT2D eigenvalue weighted by Crippen LogP contribution is 2.28. The van der Waals surface area contributed by atoms with E-state index in [1.165, 1.54) is 24.4 Å². The topological polar surface area (TPSA) is 117 Å². The van der Waals surface area contributed by atoms with Crippen molar-refractivity contribution in [3.05, 3.63) is 70.7 Å². The number of carbonyl (C=O) groups excluding carboxylic acids is 2. The fraction of sp³-hybridized carbons (Fsp3) is 0.208. The van der Waals surface area contributed by atoms with Gasteiger partial charge in [-0.15, -0.1) is 0 Å². The molecule has 0 atom stereocenters. The molecule has 3 aromatic carbocycles. The first-order chi connectivity index (χ1) is 15.4. The zero-order chi connectivity index (χ0) is 23.1. The summed E-state index contributed by atoms with van der Waals surface area (Å²) in [7, 11) is 0. The number of carbonyl (C=O) groups is 2. The number of fused-ring (bicyclic) bond motifs is 1. The maximum atomic E-state index is 12.0. The van der Waals surface area contributed by atoms with Crippen molar-refractivity contribution in [2.24, 2.45) is 5.73 Å². The van der Waals surface area contributed by atoms with Crippen molar-refractivity contribution in [2.45, 2.75) is 12.8 Å². The summed E-state index contributed by atoms with van der Waals surface area (Å²) in [5, 5.41) is 18.4. The lowest BCUT2D eigenvalue weighted by atomic mass is 10.0. The van der Waals surface area contributed by atoms with Gasteiger partial charge in [0.2, 0.25) is 5.91 Å². The number of nitrogens with one attached hydrogen (secondary N) is 1. The first kappa shape index (κ1) is 23.1. The Hall–Kier alpha value is -3.58. The highest BCUT2D eigenvalue weighted by Gasteiger charge is 2.18. The van der Waals surface area contributed by atoms with Gasteiger partial charge in [-0.25, -0.2) is 0 Å². The van der Waals surface area contributed by atoms with Crippen LogP contribution >= 0.6 is 11.6 Å². The lowest BCUT2D eigenvalue weighted by Crippen LogP contribution is -2.32. The van der Waals surface area contributed by atoms with E-state index in [1.807, 2.05) is 41.3 Å². The molecule has 0 unspecified atom stereocenters. The molecule has 3 aromatic rings. The summed E-state index contributed by atoms with van der Waals surface area (Å²) in [4.78, 5) is 24.4. The number of amides is 2. The van der Waals surface area contributed by atoms with Crippen molar-refractivity contribution in [1.29, 1.82) is 5.41 Å². The van der Waals surface area contributed by atoms with Crippen LogP contribution in [0.3, 0.4) is 0 Å². The van der Waals surface area contributed by atoms with Crippen LogP contribution in [0.1, 0.15) is 28.8 Å². The summed E-state index contributed by atoms with van der Waals surface area (Å²) in [6, 6.07) is 15.5. The van der Waals surface area contributed by atoms with Crippen LogP contribution in [-0.4, -0.2) is 47.7 Å². The van der Waals surface area contributed by atoms with Crippen molar-refractivity contribution >= 4 is 40.4 Å². The van der Waals surface area contributed by atoms with E-state index in [1.54, 1.807) is 0 Å². The summed E-state index contributed by atoms with van der Waals surface area (Å²) >= 11 is 5.50. The van der Waals surface area contributed by atoms with Crippen LogP contribution in [-0.2, 0) is 4.79 Å². The number of phenols is 1. The Morgan fingerprint density at radius 3 is 2.41 bits per heavy atom. The molecule has 8 heteroatoms. The molecule has 4 N–H and O–H groups in total. The summed E-state index contributed by atoms with van der Waals surface area (Å²) in [5.74, 6) is 0.125. The van der Waals surface area contributed by atoms with Gasteiger partial charge >= 0.3 is 0 Å². The number of rotatable bonds is 5. The normalized spacial score (nSPS) is 12.7. The lowest BCUT2D eigenvalue weighted by molar-refractivity contribution is -0.132. The van der Waals surface area contributed by atoms with Crippen LogP contribution in [0.25, 0.3) is 10.8 Å². The second-order valence-corrected chi connectivity index (χ2v) is 7.66. The average molecular weight is 454 g/mol.